The fraction of sp³-hybridized carbons (Fsp3) is 0.333. The predicted molar refractivity (Wildman–Crippen MR) is 118 cm³/mol. The third-order valence-corrected chi connectivity index (χ3v) is 5.35. The van der Waals surface area contributed by atoms with E-state index in [0.717, 1.165) is 35.6 Å². The zero-order chi connectivity index (χ0) is 21.7. The molecule has 1 heterocycles. The van der Waals surface area contributed by atoms with Crippen LogP contribution in [-0.2, 0) is 4.79 Å². The summed E-state index contributed by atoms with van der Waals surface area (Å²) in [6.45, 7) is 8.93. The van der Waals surface area contributed by atoms with E-state index in [1.54, 1.807) is 18.3 Å². The van der Waals surface area contributed by atoms with Gasteiger partial charge in [-0.25, -0.2) is 4.39 Å². The minimum atomic E-state index is -0.394. The number of carbonyl (C=O) groups excluding carboxylic acids is 1. The van der Waals surface area contributed by atoms with Gasteiger partial charge in [0.05, 0.1) is 0 Å². The number of nitriles is 1. The largest absolute Gasteiger partial charge is 0.373 e. The molecule has 5 nitrogen and oxygen atoms in total. The molecule has 1 aliphatic heterocycles. The molecule has 3 rings (SSSR count). The first-order chi connectivity index (χ1) is 14.4. The number of hydrogen-bond acceptors (Lipinski definition) is 4. The van der Waals surface area contributed by atoms with E-state index in [9.17, 15) is 14.4 Å². The van der Waals surface area contributed by atoms with E-state index in [2.05, 4.69) is 24.1 Å². The molecule has 0 bridgehead atoms. The number of rotatable bonds is 5. The molecular weight excluding hydrogens is 379 g/mol. The zero-order valence-corrected chi connectivity index (χ0v) is 17.7. The number of aryl methyl sites for hydroxylation is 1. The van der Waals surface area contributed by atoms with Crippen LogP contribution in [0.25, 0.3) is 0 Å². The lowest BCUT2D eigenvalue weighted by Crippen LogP contribution is -2.44. The zero-order valence-electron chi connectivity index (χ0n) is 17.7. The van der Waals surface area contributed by atoms with Gasteiger partial charge in [-0.05, 0) is 48.2 Å². The summed E-state index contributed by atoms with van der Waals surface area (Å²) in [5.41, 5.74) is 3.86. The lowest BCUT2D eigenvalue weighted by Gasteiger charge is -2.35. The van der Waals surface area contributed by atoms with Gasteiger partial charge in [-0.1, -0.05) is 32.0 Å². The first-order valence-corrected chi connectivity index (χ1v) is 10.2. The number of carbonyl (C=O) groups is 1. The fourth-order valence-corrected chi connectivity index (χ4v) is 3.61. The van der Waals surface area contributed by atoms with Crippen LogP contribution in [0.1, 0.15) is 30.9 Å². The van der Waals surface area contributed by atoms with Gasteiger partial charge in [0.1, 0.15) is 17.5 Å². The number of anilines is 2. The summed E-state index contributed by atoms with van der Waals surface area (Å²) in [7, 11) is 0. The molecule has 2 aromatic rings. The van der Waals surface area contributed by atoms with Crippen molar-refractivity contribution in [3.63, 3.8) is 0 Å². The summed E-state index contributed by atoms with van der Waals surface area (Å²) in [5.74, 6) is -0.386. The van der Waals surface area contributed by atoms with Gasteiger partial charge in [0.2, 0.25) is 0 Å². The van der Waals surface area contributed by atoms with E-state index in [4.69, 9.17) is 0 Å². The summed E-state index contributed by atoms with van der Waals surface area (Å²) < 4.78 is 13.1. The average Bonchev–Trinajstić information content (AvgIpc) is 2.74. The van der Waals surface area contributed by atoms with Crippen LogP contribution in [0.5, 0.6) is 0 Å². The summed E-state index contributed by atoms with van der Waals surface area (Å²) in [5, 5.41) is 12.5. The molecule has 1 aliphatic rings. The van der Waals surface area contributed by atoms with E-state index in [1.165, 1.54) is 12.1 Å². The highest BCUT2D eigenvalue weighted by Gasteiger charge is 2.19. The number of hydrogen-bond donors (Lipinski definition) is 1. The normalized spacial score (nSPS) is 14.6. The predicted octanol–water partition coefficient (Wildman–Crippen LogP) is 4.43. The first-order valence-electron chi connectivity index (χ1n) is 10.2. The molecule has 0 aliphatic carbocycles. The second-order valence-corrected chi connectivity index (χ2v) is 7.80. The van der Waals surface area contributed by atoms with Crippen molar-refractivity contribution in [1.29, 1.82) is 5.26 Å². The van der Waals surface area contributed by atoms with Crippen LogP contribution in [0.15, 0.2) is 54.2 Å². The van der Waals surface area contributed by atoms with E-state index in [0.29, 0.717) is 13.1 Å². The Labute approximate surface area is 177 Å². The molecule has 1 fully saturated rings. The third kappa shape index (κ3) is 4.98. The smallest absolute Gasteiger partial charge is 0.267 e. The van der Waals surface area contributed by atoms with Crippen LogP contribution < -0.4 is 10.2 Å². The monoisotopic (exact) mass is 406 g/mol. The Bertz CT molecular complexity index is 968. The van der Waals surface area contributed by atoms with E-state index in [1.807, 2.05) is 36.1 Å². The maximum absolute atomic E-state index is 13.1. The second kappa shape index (κ2) is 9.45. The Morgan fingerprint density at radius 1 is 1.13 bits per heavy atom. The molecule has 1 saturated heterocycles. The van der Waals surface area contributed by atoms with Gasteiger partial charge in [0.25, 0.3) is 5.91 Å². The molecule has 0 aromatic heterocycles. The van der Waals surface area contributed by atoms with Gasteiger partial charge in [-0.15, -0.1) is 0 Å². The number of halogens is 1. The Hall–Kier alpha value is -3.33. The van der Waals surface area contributed by atoms with Gasteiger partial charge in [-0.3, -0.25) is 4.79 Å². The molecule has 0 atom stereocenters. The van der Waals surface area contributed by atoms with Crippen LogP contribution in [0.2, 0.25) is 0 Å². The van der Waals surface area contributed by atoms with Crippen molar-refractivity contribution in [3.05, 3.63) is 71.2 Å². The molecule has 2 aromatic carbocycles. The van der Waals surface area contributed by atoms with Gasteiger partial charge in [0.15, 0.2) is 0 Å². The minimum absolute atomic E-state index is 0.0863. The number of piperazine rings is 1. The van der Waals surface area contributed by atoms with Crippen molar-refractivity contribution in [2.45, 2.75) is 26.7 Å². The van der Waals surface area contributed by atoms with Crippen LogP contribution in [0.3, 0.4) is 0 Å². The molecule has 1 amide bonds. The molecule has 30 heavy (non-hydrogen) atoms. The Kier molecular flexibility index (Phi) is 6.73. The maximum Gasteiger partial charge on any atom is 0.267 e. The molecule has 0 unspecified atom stereocenters. The number of benzene rings is 2. The van der Waals surface area contributed by atoms with Gasteiger partial charge >= 0.3 is 0 Å². The highest BCUT2D eigenvalue weighted by Crippen LogP contribution is 2.28. The Balaban J connectivity index is 1.67. The third-order valence-electron chi connectivity index (χ3n) is 5.35. The number of para-hydroxylation sites is 1. The SMILES string of the molecule is Cc1cccc(C(C)C)c1NC(=O)/C(C#N)=C\N1CCN(c2ccc(F)cc2)CC1. The number of nitrogens with zero attached hydrogens (tertiary/aromatic N) is 3. The molecule has 1 N–H and O–H groups in total. The van der Waals surface area contributed by atoms with Crippen molar-refractivity contribution in [2.75, 3.05) is 36.4 Å². The van der Waals surface area contributed by atoms with E-state index < -0.39 is 5.91 Å². The van der Waals surface area contributed by atoms with Crippen molar-refractivity contribution < 1.29 is 9.18 Å². The second-order valence-electron chi connectivity index (χ2n) is 7.80. The first kappa shape index (κ1) is 21.4. The molecule has 156 valence electrons. The molecule has 0 radical (unpaired) electrons. The maximum atomic E-state index is 13.1. The Morgan fingerprint density at radius 2 is 1.80 bits per heavy atom. The summed E-state index contributed by atoms with van der Waals surface area (Å²) >= 11 is 0. The van der Waals surface area contributed by atoms with Crippen LogP contribution >= 0.6 is 0 Å². The molecular formula is C24H27FN4O. The van der Waals surface area contributed by atoms with Crippen LogP contribution in [0, 0.1) is 24.1 Å². The summed E-state index contributed by atoms with van der Waals surface area (Å²) in [6.07, 6.45) is 1.64. The van der Waals surface area contributed by atoms with Crippen molar-refractivity contribution in [1.82, 2.24) is 4.90 Å². The van der Waals surface area contributed by atoms with Crippen molar-refractivity contribution in [2.24, 2.45) is 0 Å². The molecule has 0 spiro atoms. The fourth-order valence-electron chi connectivity index (χ4n) is 3.61. The van der Waals surface area contributed by atoms with Crippen LogP contribution in [-0.4, -0.2) is 37.0 Å². The van der Waals surface area contributed by atoms with Gasteiger partial charge in [0, 0.05) is 43.8 Å². The summed E-state index contributed by atoms with van der Waals surface area (Å²) in [4.78, 5) is 16.9. The van der Waals surface area contributed by atoms with Crippen molar-refractivity contribution >= 4 is 17.3 Å². The summed E-state index contributed by atoms with van der Waals surface area (Å²) in [6, 6.07) is 14.4. The lowest BCUT2D eigenvalue weighted by atomic mass is 9.98. The molecule has 0 saturated carbocycles. The number of amides is 1. The van der Waals surface area contributed by atoms with Crippen LogP contribution in [0.4, 0.5) is 15.8 Å². The topological polar surface area (TPSA) is 59.4 Å². The molecule has 6 heteroatoms. The van der Waals surface area contributed by atoms with E-state index >= 15 is 0 Å². The Morgan fingerprint density at radius 3 is 2.40 bits per heavy atom. The minimum Gasteiger partial charge on any atom is -0.373 e. The quantitative estimate of drug-likeness (QED) is 0.590. The highest BCUT2D eigenvalue weighted by molar-refractivity contribution is 6.07. The van der Waals surface area contributed by atoms with Gasteiger partial charge in [-0.2, -0.15) is 5.26 Å². The van der Waals surface area contributed by atoms with Gasteiger partial charge < -0.3 is 15.1 Å². The number of nitrogens with one attached hydrogen (secondary N) is 1. The average molecular weight is 407 g/mol. The van der Waals surface area contributed by atoms with E-state index in [-0.39, 0.29) is 17.3 Å². The van der Waals surface area contributed by atoms with Crippen molar-refractivity contribution in [3.8, 4) is 6.07 Å². The lowest BCUT2D eigenvalue weighted by molar-refractivity contribution is -0.112. The highest BCUT2D eigenvalue weighted by atomic mass is 19.1. The standard InChI is InChI=1S/C24H27FN4O/c1-17(2)22-6-4-5-18(3)23(22)27-24(30)19(15-26)16-28-11-13-29(14-12-28)21-9-7-20(25)8-10-21/h4-10,16-17H,11-14H2,1-3H3,(H,27,30)/b19-16-.